The van der Waals surface area contributed by atoms with E-state index in [2.05, 4.69) is 65.1 Å². The first-order chi connectivity index (χ1) is 20.0. The lowest BCUT2D eigenvalue weighted by molar-refractivity contribution is -0.204. The van der Waals surface area contributed by atoms with E-state index in [4.69, 9.17) is 18.6 Å². The predicted molar refractivity (Wildman–Crippen MR) is 165 cm³/mol. The molecule has 8 heteroatoms. The van der Waals surface area contributed by atoms with Crippen molar-refractivity contribution in [2.24, 2.45) is 28.6 Å². The molecule has 43 heavy (non-hydrogen) atoms. The van der Waals surface area contributed by atoms with E-state index < -0.39 is 37.3 Å². The van der Waals surface area contributed by atoms with E-state index in [0.717, 1.165) is 12.2 Å². The van der Waals surface area contributed by atoms with Crippen LogP contribution in [-0.4, -0.2) is 51.5 Å². The van der Waals surface area contributed by atoms with Gasteiger partial charge in [0.2, 0.25) is 8.32 Å². The SMILES string of the molecule is COC(=O)C[C@H]1[C@@H]2CC3=C(C)[C@@H](c4ccc(O[Si](C)(C)C(C)(C)C)cc4)C[C@@H]3O[C@@H]2[C@@H]2OC(=O)[C@]3(C)C=CC(=O)[C@@]1(C)[C@@H]23. The maximum absolute atomic E-state index is 13.7. The number of carbonyl (C=O) groups is 3. The van der Waals surface area contributed by atoms with Gasteiger partial charge in [0.15, 0.2) is 5.78 Å². The summed E-state index contributed by atoms with van der Waals surface area (Å²) in [5.74, 6) is -0.528. The Hall–Kier alpha value is -2.71. The third-order valence-electron chi connectivity index (χ3n) is 12.2. The van der Waals surface area contributed by atoms with Gasteiger partial charge >= 0.3 is 11.9 Å². The van der Waals surface area contributed by atoms with Crippen molar-refractivity contribution in [2.75, 3.05) is 7.11 Å². The summed E-state index contributed by atoms with van der Waals surface area (Å²) in [6.45, 7) is 17.2. The maximum atomic E-state index is 13.7. The number of rotatable bonds is 5. The van der Waals surface area contributed by atoms with Gasteiger partial charge in [0.1, 0.15) is 11.9 Å². The number of benzene rings is 1. The fourth-order valence-electron chi connectivity index (χ4n) is 8.64. The van der Waals surface area contributed by atoms with Crippen molar-refractivity contribution in [2.45, 2.75) is 103 Å². The summed E-state index contributed by atoms with van der Waals surface area (Å²) in [5, 5.41) is 0.119. The van der Waals surface area contributed by atoms with Gasteiger partial charge in [-0.05, 0) is 86.0 Å². The van der Waals surface area contributed by atoms with E-state index in [-0.39, 0.29) is 53.0 Å². The Morgan fingerprint density at radius 3 is 2.40 bits per heavy atom. The van der Waals surface area contributed by atoms with Crippen molar-refractivity contribution in [1.82, 2.24) is 0 Å². The van der Waals surface area contributed by atoms with E-state index in [1.807, 2.05) is 13.8 Å². The van der Waals surface area contributed by atoms with Crippen molar-refractivity contribution in [3.8, 4) is 5.75 Å². The number of methoxy groups -OCH3 is 1. The van der Waals surface area contributed by atoms with Crippen LogP contribution < -0.4 is 4.43 Å². The third-order valence-corrected chi connectivity index (χ3v) is 16.5. The highest BCUT2D eigenvalue weighted by atomic mass is 28.4. The van der Waals surface area contributed by atoms with E-state index in [9.17, 15) is 14.4 Å². The van der Waals surface area contributed by atoms with Gasteiger partial charge in [0.05, 0.1) is 24.7 Å². The lowest BCUT2D eigenvalue weighted by Crippen LogP contribution is -2.65. The number of allylic oxidation sites excluding steroid dienone is 2. The normalized spacial score (nSPS) is 38.3. The van der Waals surface area contributed by atoms with Crippen molar-refractivity contribution in [3.63, 3.8) is 0 Å². The lowest BCUT2D eigenvalue weighted by Gasteiger charge is -2.58. The van der Waals surface area contributed by atoms with Gasteiger partial charge in [0.25, 0.3) is 0 Å². The average molecular weight is 607 g/mol. The minimum absolute atomic E-state index is 0.0530. The number of ether oxygens (including phenoxy) is 3. The number of hydrogen-bond donors (Lipinski definition) is 0. The Labute approximate surface area is 256 Å². The van der Waals surface area contributed by atoms with E-state index in [0.29, 0.717) is 6.42 Å². The summed E-state index contributed by atoms with van der Waals surface area (Å²) in [6.07, 6.45) is 3.83. The van der Waals surface area contributed by atoms with Crippen LogP contribution in [0.25, 0.3) is 0 Å². The number of ketones is 1. The van der Waals surface area contributed by atoms with Crippen LogP contribution in [-0.2, 0) is 28.6 Å². The van der Waals surface area contributed by atoms with Crippen molar-refractivity contribution in [3.05, 3.63) is 53.1 Å². The molecule has 0 unspecified atom stereocenters. The van der Waals surface area contributed by atoms with Gasteiger partial charge in [-0.1, -0.05) is 51.5 Å². The van der Waals surface area contributed by atoms with Gasteiger partial charge in [-0.25, -0.2) is 0 Å². The molecule has 9 atom stereocenters. The smallest absolute Gasteiger partial charge is 0.316 e. The fourth-order valence-corrected chi connectivity index (χ4v) is 9.67. The molecule has 0 N–H and O–H groups in total. The van der Waals surface area contributed by atoms with Crippen molar-refractivity contribution in [1.29, 1.82) is 0 Å². The molecule has 0 radical (unpaired) electrons. The maximum Gasteiger partial charge on any atom is 0.316 e. The van der Waals surface area contributed by atoms with E-state index in [1.165, 1.54) is 29.9 Å². The zero-order valence-corrected chi connectivity index (χ0v) is 28.0. The van der Waals surface area contributed by atoms with Crippen LogP contribution in [0.3, 0.4) is 0 Å². The molecule has 1 saturated carbocycles. The minimum atomic E-state index is -1.94. The van der Waals surface area contributed by atoms with Gasteiger partial charge in [-0.15, -0.1) is 0 Å². The van der Waals surface area contributed by atoms with Crippen LogP contribution in [0.5, 0.6) is 5.75 Å². The molecule has 0 spiro atoms. The van der Waals surface area contributed by atoms with Gasteiger partial charge in [0, 0.05) is 23.7 Å². The van der Waals surface area contributed by atoms with E-state index >= 15 is 0 Å². The molecule has 1 aromatic carbocycles. The highest BCUT2D eigenvalue weighted by molar-refractivity contribution is 6.74. The molecule has 0 amide bonds. The van der Waals surface area contributed by atoms with Crippen LogP contribution in [0, 0.1) is 28.6 Å². The Morgan fingerprint density at radius 1 is 1.09 bits per heavy atom. The van der Waals surface area contributed by atoms with E-state index in [1.54, 1.807) is 6.08 Å². The first-order valence-electron chi connectivity index (χ1n) is 15.7. The quantitative estimate of drug-likeness (QED) is 0.214. The molecular formula is C35H46O7Si. The van der Waals surface area contributed by atoms with Crippen LogP contribution in [0.2, 0.25) is 18.1 Å². The molecular weight excluding hydrogens is 560 g/mol. The molecule has 2 saturated heterocycles. The highest BCUT2D eigenvalue weighted by Crippen LogP contribution is 2.65. The highest BCUT2D eigenvalue weighted by Gasteiger charge is 2.73. The second-order valence-electron chi connectivity index (χ2n) is 15.4. The number of fused-ring (bicyclic) bond motifs is 3. The monoisotopic (exact) mass is 606 g/mol. The molecule has 0 bridgehead atoms. The molecule has 7 nitrogen and oxygen atoms in total. The number of esters is 2. The van der Waals surface area contributed by atoms with Crippen LogP contribution in [0.1, 0.15) is 72.3 Å². The summed E-state index contributed by atoms with van der Waals surface area (Å²) in [7, 11) is -0.559. The topological polar surface area (TPSA) is 88.1 Å². The predicted octanol–water partition coefficient (Wildman–Crippen LogP) is 6.53. The molecule has 232 valence electrons. The first-order valence-corrected chi connectivity index (χ1v) is 18.6. The zero-order valence-electron chi connectivity index (χ0n) is 27.0. The molecule has 5 aliphatic rings. The van der Waals surface area contributed by atoms with Crippen LogP contribution >= 0.6 is 0 Å². The summed E-state index contributed by atoms with van der Waals surface area (Å²) in [6, 6.07) is 8.52. The van der Waals surface area contributed by atoms with Crippen LogP contribution in [0.4, 0.5) is 0 Å². The minimum Gasteiger partial charge on any atom is -0.544 e. The lowest BCUT2D eigenvalue weighted by atomic mass is 9.45. The summed E-state index contributed by atoms with van der Waals surface area (Å²) < 4.78 is 24.7. The molecule has 1 aromatic rings. The molecule has 6 rings (SSSR count). The molecule has 3 fully saturated rings. The van der Waals surface area contributed by atoms with Gasteiger partial charge in [-0.2, -0.15) is 0 Å². The molecule has 2 aliphatic heterocycles. The molecule has 3 aliphatic carbocycles. The largest absolute Gasteiger partial charge is 0.544 e. The Balaban J connectivity index is 1.33. The summed E-state index contributed by atoms with van der Waals surface area (Å²) >= 11 is 0. The van der Waals surface area contributed by atoms with Crippen LogP contribution in [0.15, 0.2) is 47.6 Å². The fraction of sp³-hybridized carbons (Fsp3) is 0.629. The molecule has 2 heterocycles. The standard InChI is InChI=1S/C35H46O7Si/c1-19-22(20-10-12-21(13-11-20)42-43(8,9)33(2,3)4)17-26-23(19)16-24-25(18-28(37)39-7)35(6)27(36)14-15-34(5)31(35)30(29(24)40-26)41-32(34)38/h10-15,22,24-26,29-31H,16-18H2,1-9H3/t22-,24-,25-,26-,29-,30-,31-,34+,35-/m0/s1. The Bertz CT molecular complexity index is 1420. The second kappa shape index (κ2) is 9.90. The number of hydrogen-bond acceptors (Lipinski definition) is 7. The Morgan fingerprint density at radius 2 is 1.77 bits per heavy atom. The Kier molecular flexibility index (Phi) is 6.98. The average Bonchev–Trinajstić information content (AvgIpc) is 3.41. The van der Waals surface area contributed by atoms with Crippen molar-refractivity contribution >= 4 is 26.0 Å². The molecule has 0 aromatic heterocycles. The first kappa shape index (κ1) is 30.3. The second-order valence-corrected chi connectivity index (χ2v) is 20.1. The van der Waals surface area contributed by atoms with Gasteiger partial charge < -0.3 is 18.6 Å². The third kappa shape index (κ3) is 4.41. The van der Waals surface area contributed by atoms with Gasteiger partial charge in [-0.3, -0.25) is 14.4 Å². The zero-order chi connectivity index (χ0) is 31.3. The van der Waals surface area contributed by atoms with Crippen molar-refractivity contribution < 1.29 is 33.0 Å². The summed E-state index contributed by atoms with van der Waals surface area (Å²) in [5.41, 5.74) is 1.87. The summed E-state index contributed by atoms with van der Waals surface area (Å²) in [4.78, 5) is 39.8. The number of carbonyl (C=O) groups excluding carboxylic acids is 3.